The van der Waals surface area contributed by atoms with E-state index in [1.807, 2.05) is 0 Å². The van der Waals surface area contributed by atoms with Gasteiger partial charge in [0, 0.05) is 23.2 Å². The van der Waals surface area contributed by atoms with Gasteiger partial charge >= 0.3 is 0 Å². The van der Waals surface area contributed by atoms with E-state index in [1.165, 1.54) is 23.5 Å². The van der Waals surface area contributed by atoms with Gasteiger partial charge in [0.2, 0.25) is 10.0 Å². The molecule has 1 aliphatic heterocycles. The van der Waals surface area contributed by atoms with Crippen LogP contribution in [0.4, 0.5) is 5.69 Å². The average Bonchev–Trinajstić information content (AvgIpc) is 2.41. The number of hydrogen-bond donors (Lipinski definition) is 2. The number of ether oxygens (including phenoxy) is 1. The quantitative estimate of drug-likeness (QED) is 0.785. The van der Waals surface area contributed by atoms with Gasteiger partial charge in [-0.25, -0.2) is 8.42 Å². The van der Waals surface area contributed by atoms with Gasteiger partial charge in [0.25, 0.3) is 0 Å². The summed E-state index contributed by atoms with van der Waals surface area (Å²) in [6.07, 6.45) is 0.623. The second-order valence-corrected chi connectivity index (χ2v) is 7.44. The van der Waals surface area contributed by atoms with Crippen LogP contribution in [-0.4, -0.2) is 44.1 Å². The molecule has 112 valence electrons. The standard InChI is InChI=1S/C12H17BrN2O4S/c1-19-11-5-9(13)10(14)6-12(11)20(17,18)15-4-2-3-8(16)7-15/h5-6,8,16H,2-4,7,14H2,1H3/t8-/m0/s1. The summed E-state index contributed by atoms with van der Waals surface area (Å²) in [5, 5.41) is 9.65. The number of aliphatic hydroxyl groups excluding tert-OH is 1. The highest BCUT2D eigenvalue weighted by Gasteiger charge is 2.32. The summed E-state index contributed by atoms with van der Waals surface area (Å²) >= 11 is 3.24. The number of halogens is 1. The molecule has 0 saturated carbocycles. The van der Waals surface area contributed by atoms with E-state index in [9.17, 15) is 13.5 Å². The van der Waals surface area contributed by atoms with Crippen LogP contribution in [0.1, 0.15) is 12.8 Å². The minimum Gasteiger partial charge on any atom is -0.495 e. The smallest absolute Gasteiger partial charge is 0.246 e. The molecule has 0 spiro atoms. The minimum absolute atomic E-state index is 0.0230. The van der Waals surface area contributed by atoms with Crippen LogP contribution in [0, 0.1) is 0 Å². The summed E-state index contributed by atoms with van der Waals surface area (Å²) in [7, 11) is -2.32. The minimum atomic E-state index is -3.73. The van der Waals surface area contributed by atoms with Gasteiger partial charge in [0.15, 0.2) is 0 Å². The van der Waals surface area contributed by atoms with Gasteiger partial charge in [-0.2, -0.15) is 4.31 Å². The molecule has 2 rings (SSSR count). The highest BCUT2D eigenvalue weighted by molar-refractivity contribution is 9.10. The molecule has 8 heteroatoms. The molecule has 1 aromatic rings. The van der Waals surface area contributed by atoms with Crippen molar-refractivity contribution in [3.63, 3.8) is 0 Å². The largest absolute Gasteiger partial charge is 0.495 e. The maximum absolute atomic E-state index is 12.6. The summed E-state index contributed by atoms with van der Waals surface area (Å²) in [5.74, 6) is 0.228. The lowest BCUT2D eigenvalue weighted by atomic mass is 10.1. The number of benzene rings is 1. The van der Waals surface area contributed by atoms with Crippen LogP contribution in [0.5, 0.6) is 5.75 Å². The zero-order valence-corrected chi connectivity index (χ0v) is 13.4. The molecule has 3 N–H and O–H groups in total. The van der Waals surface area contributed by atoms with Crippen LogP contribution in [-0.2, 0) is 10.0 Å². The molecule has 1 atom stereocenters. The van der Waals surface area contributed by atoms with Gasteiger partial charge in [-0.1, -0.05) is 0 Å². The number of nitrogens with zero attached hydrogens (tertiary/aromatic N) is 1. The van der Waals surface area contributed by atoms with Crippen molar-refractivity contribution in [1.29, 1.82) is 0 Å². The fraction of sp³-hybridized carbons (Fsp3) is 0.500. The number of nitrogens with two attached hydrogens (primary N) is 1. The normalized spacial score (nSPS) is 20.9. The zero-order valence-electron chi connectivity index (χ0n) is 11.0. The van der Waals surface area contributed by atoms with Crippen LogP contribution in [0.2, 0.25) is 0 Å². The van der Waals surface area contributed by atoms with Gasteiger partial charge in [0.1, 0.15) is 10.6 Å². The first-order chi connectivity index (χ1) is 9.36. The van der Waals surface area contributed by atoms with Crippen LogP contribution < -0.4 is 10.5 Å². The van der Waals surface area contributed by atoms with E-state index in [0.29, 0.717) is 29.5 Å². The van der Waals surface area contributed by atoms with Gasteiger partial charge in [-0.05, 0) is 40.9 Å². The highest BCUT2D eigenvalue weighted by atomic mass is 79.9. The predicted octanol–water partition coefficient (Wildman–Crippen LogP) is 1.19. The Bertz CT molecular complexity index is 606. The molecule has 0 aliphatic carbocycles. The first-order valence-corrected chi connectivity index (χ1v) is 8.40. The van der Waals surface area contributed by atoms with E-state index < -0.39 is 16.1 Å². The molecule has 1 fully saturated rings. The number of hydrogen-bond acceptors (Lipinski definition) is 5. The molecule has 1 saturated heterocycles. The van der Waals surface area contributed by atoms with Crippen molar-refractivity contribution >= 4 is 31.6 Å². The van der Waals surface area contributed by atoms with E-state index in [4.69, 9.17) is 10.5 Å². The lowest BCUT2D eigenvalue weighted by molar-refractivity contribution is 0.108. The van der Waals surface area contributed by atoms with Crippen LogP contribution in [0.25, 0.3) is 0 Å². The lowest BCUT2D eigenvalue weighted by Crippen LogP contribution is -2.42. The third kappa shape index (κ3) is 2.93. The van der Waals surface area contributed by atoms with Crippen molar-refractivity contribution < 1.29 is 18.3 Å². The Balaban J connectivity index is 2.46. The fourth-order valence-corrected chi connectivity index (χ4v) is 4.20. The van der Waals surface area contributed by atoms with Gasteiger partial charge < -0.3 is 15.6 Å². The second kappa shape index (κ2) is 5.88. The maximum atomic E-state index is 12.6. The van der Waals surface area contributed by atoms with Crippen LogP contribution in [0.15, 0.2) is 21.5 Å². The number of rotatable bonds is 3. The zero-order chi connectivity index (χ0) is 14.9. The van der Waals surface area contributed by atoms with E-state index in [0.717, 1.165) is 0 Å². The maximum Gasteiger partial charge on any atom is 0.246 e. The van der Waals surface area contributed by atoms with Crippen LogP contribution in [0.3, 0.4) is 0 Å². The molecule has 6 nitrogen and oxygen atoms in total. The Morgan fingerprint density at radius 1 is 1.50 bits per heavy atom. The monoisotopic (exact) mass is 364 g/mol. The molecule has 1 heterocycles. The van der Waals surface area contributed by atoms with Crippen molar-refractivity contribution in [2.24, 2.45) is 0 Å². The van der Waals surface area contributed by atoms with Gasteiger partial charge in [0.05, 0.1) is 13.2 Å². The Morgan fingerprint density at radius 3 is 2.80 bits per heavy atom. The highest BCUT2D eigenvalue weighted by Crippen LogP contribution is 2.34. The van der Waals surface area contributed by atoms with Crippen molar-refractivity contribution in [3.8, 4) is 5.75 Å². The number of methoxy groups -OCH3 is 1. The number of anilines is 1. The number of nitrogen functional groups attached to an aromatic ring is 1. The summed E-state index contributed by atoms with van der Waals surface area (Å²) < 4.78 is 32.3. The summed E-state index contributed by atoms with van der Waals surface area (Å²) in [6, 6.07) is 2.90. The molecular weight excluding hydrogens is 348 g/mol. The summed E-state index contributed by atoms with van der Waals surface area (Å²) in [6.45, 7) is 0.486. The Morgan fingerprint density at radius 2 is 2.20 bits per heavy atom. The average molecular weight is 365 g/mol. The first kappa shape index (κ1) is 15.6. The molecule has 0 unspecified atom stereocenters. The Kier molecular flexibility index (Phi) is 4.58. The molecule has 0 aromatic heterocycles. The van der Waals surface area contributed by atoms with Crippen molar-refractivity contribution in [3.05, 3.63) is 16.6 Å². The summed E-state index contributed by atoms with van der Waals surface area (Å²) in [5.41, 5.74) is 6.08. The Labute approximate surface area is 126 Å². The first-order valence-electron chi connectivity index (χ1n) is 6.17. The number of piperidine rings is 1. The third-order valence-electron chi connectivity index (χ3n) is 3.26. The predicted molar refractivity (Wildman–Crippen MR) is 79.1 cm³/mol. The van der Waals surface area contributed by atoms with E-state index >= 15 is 0 Å². The van der Waals surface area contributed by atoms with Gasteiger partial charge in [-0.3, -0.25) is 0 Å². The molecule has 0 amide bonds. The van der Waals surface area contributed by atoms with Crippen molar-refractivity contribution in [2.75, 3.05) is 25.9 Å². The second-order valence-electron chi connectivity index (χ2n) is 4.68. The Hall–Kier alpha value is -0.830. The van der Waals surface area contributed by atoms with Crippen molar-refractivity contribution in [1.82, 2.24) is 4.31 Å². The number of sulfonamides is 1. The van der Waals surface area contributed by atoms with E-state index in [2.05, 4.69) is 15.9 Å². The molecule has 0 bridgehead atoms. The number of aliphatic hydroxyl groups is 1. The van der Waals surface area contributed by atoms with Crippen LogP contribution >= 0.6 is 15.9 Å². The molecule has 1 aliphatic rings. The molecule has 1 aromatic carbocycles. The van der Waals surface area contributed by atoms with Crippen molar-refractivity contribution in [2.45, 2.75) is 23.8 Å². The fourth-order valence-electron chi connectivity index (χ4n) is 2.19. The van der Waals surface area contributed by atoms with E-state index in [-0.39, 0.29) is 17.2 Å². The lowest BCUT2D eigenvalue weighted by Gasteiger charge is -2.29. The summed E-state index contributed by atoms with van der Waals surface area (Å²) in [4.78, 5) is 0.0230. The van der Waals surface area contributed by atoms with E-state index in [1.54, 1.807) is 0 Å². The number of β-amino-alcohol motifs (C(OH)–C–C–N with tert-alkyl or cyclic N) is 1. The third-order valence-corrected chi connectivity index (χ3v) is 5.83. The molecule has 20 heavy (non-hydrogen) atoms. The topological polar surface area (TPSA) is 92.9 Å². The molecular formula is C12H17BrN2O4S. The van der Waals surface area contributed by atoms with Gasteiger partial charge in [-0.15, -0.1) is 0 Å². The SMILES string of the molecule is COc1cc(Br)c(N)cc1S(=O)(=O)N1CCC[C@H](O)C1. The molecule has 0 radical (unpaired) electrons.